The van der Waals surface area contributed by atoms with Gasteiger partial charge < -0.3 is 10.4 Å². The van der Waals surface area contributed by atoms with E-state index < -0.39 is 5.97 Å². The Hall–Kier alpha value is -2.33. The van der Waals surface area contributed by atoms with Crippen LogP contribution in [0.25, 0.3) is 0 Å². The van der Waals surface area contributed by atoms with Gasteiger partial charge in [0, 0.05) is 0 Å². The first-order valence-corrected chi connectivity index (χ1v) is 7.81. The highest BCUT2D eigenvalue weighted by molar-refractivity contribution is 6.33. The predicted molar refractivity (Wildman–Crippen MR) is 87.8 cm³/mol. The lowest BCUT2D eigenvalue weighted by molar-refractivity contribution is -0.136. The largest absolute Gasteiger partial charge is 0.481 e. The number of benzene rings is 2. The topological polar surface area (TPSA) is 66.4 Å². The van der Waals surface area contributed by atoms with Gasteiger partial charge in [-0.25, -0.2) is 0 Å². The van der Waals surface area contributed by atoms with Crippen LogP contribution in [0.1, 0.15) is 39.5 Å². The molecular formula is C18H16ClNO3. The molecule has 5 heteroatoms. The molecule has 2 aromatic carbocycles. The van der Waals surface area contributed by atoms with E-state index in [-0.39, 0.29) is 18.4 Å². The van der Waals surface area contributed by atoms with Crippen molar-refractivity contribution in [2.75, 3.05) is 0 Å². The molecule has 4 nitrogen and oxygen atoms in total. The average molecular weight is 330 g/mol. The fourth-order valence-electron chi connectivity index (χ4n) is 2.97. The minimum Gasteiger partial charge on any atom is -0.481 e. The van der Waals surface area contributed by atoms with Crippen molar-refractivity contribution in [2.24, 2.45) is 0 Å². The monoisotopic (exact) mass is 329 g/mol. The molecule has 0 radical (unpaired) electrons. The number of carboxylic acid groups (broad SMARTS) is 1. The number of carbonyl (C=O) groups excluding carboxylic acids is 1. The van der Waals surface area contributed by atoms with E-state index in [2.05, 4.69) is 5.32 Å². The average Bonchev–Trinajstić information content (AvgIpc) is 2.89. The van der Waals surface area contributed by atoms with Crippen molar-refractivity contribution in [2.45, 2.75) is 25.3 Å². The third kappa shape index (κ3) is 3.37. The van der Waals surface area contributed by atoms with E-state index >= 15 is 0 Å². The number of hydrogen-bond donors (Lipinski definition) is 2. The number of amides is 1. The molecule has 0 saturated heterocycles. The van der Waals surface area contributed by atoms with Crippen LogP contribution in [-0.2, 0) is 17.6 Å². The normalized spacial score (nSPS) is 16.0. The summed E-state index contributed by atoms with van der Waals surface area (Å²) in [5.41, 5.74) is 3.35. The zero-order chi connectivity index (χ0) is 16.4. The van der Waals surface area contributed by atoms with Crippen LogP contribution < -0.4 is 5.32 Å². The van der Waals surface area contributed by atoms with Gasteiger partial charge in [0.05, 0.1) is 23.0 Å². The molecule has 1 unspecified atom stereocenters. The third-order valence-electron chi connectivity index (χ3n) is 4.07. The molecule has 1 aliphatic rings. The Labute approximate surface area is 139 Å². The molecule has 0 bridgehead atoms. The van der Waals surface area contributed by atoms with Gasteiger partial charge in [0.1, 0.15) is 0 Å². The number of aliphatic carboxylic acids is 1. The quantitative estimate of drug-likeness (QED) is 0.903. The van der Waals surface area contributed by atoms with Crippen molar-refractivity contribution in [1.82, 2.24) is 5.32 Å². The zero-order valence-electron chi connectivity index (χ0n) is 12.4. The van der Waals surface area contributed by atoms with Crippen LogP contribution in [0.5, 0.6) is 0 Å². The Balaban J connectivity index is 1.81. The van der Waals surface area contributed by atoms with Crippen LogP contribution in [0.4, 0.5) is 0 Å². The van der Waals surface area contributed by atoms with Crippen LogP contribution in [-0.4, -0.2) is 17.0 Å². The SMILES string of the molecule is O=C(O)Cc1ccc2c(c1)C(NC(=O)c1ccccc1Cl)CC2. The number of rotatable bonds is 4. The minimum atomic E-state index is -0.861. The molecule has 0 aliphatic heterocycles. The lowest BCUT2D eigenvalue weighted by Gasteiger charge is -2.15. The molecule has 1 amide bonds. The summed E-state index contributed by atoms with van der Waals surface area (Å²) < 4.78 is 0. The third-order valence-corrected chi connectivity index (χ3v) is 4.40. The molecule has 1 atom stereocenters. The molecule has 1 aliphatic carbocycles. The minimum absolute atomic E-state index is 0.0154. The van der Waals surface area contributed by atoms with Gasteiger partial charge in [-0.1, -0.05) is 41.9 Å². The molecule has 2 N–H and O–H groups in total. The van der Waals surface area contributed by atoms with Crippen LogP contribution >= 0.6 is 11.6 Å². The van der Waals surface area contributed by atoms with Crippen molar-refractivity contribution < 1.29 is 14.7 Å². The summed E-state index contributed by atoms with van der Waals surface area (Å²) in [5, 5.41) is 12.3. The second kappa shape index (κ2) is 6.42. The van der Waals surface area contributed by atoms with Gasteiger partial charge in [-0.2, -0.15) is 0 Å². The second-order valence-corrected chi connectivity index (χ2v) is 6.06. The lowest BCUT2D eigenvalue weighted by atomic mass is 10.0. The first kappa shape index (κ1) is 15.6. The van der Waals surface area contributed by atoms with E-state index in [1.165, 1.54) is 0 Å². The second-order valence-electron chi connectivity index (χ2n) is 5.65. The number of halogens is 1. The van der Waals surface area contributed by atoms with Crippen molar-refractivity contribution in [3.63, 3.8) is 0 Å². The number of nitrogens with one attached hydrogen (secondary N) is 1. The molecule has 0 heterocycles. The van der Waals surface area contributed by atoms with Gasteiger partial charge in [0.2, 0.25) is 0 Å². The fourth-order valence-corrected chi connectivity index (χ4v) is 3.19. The summed E-state index contributed by atoms with van der Waals surface area (Å²) in [6.45, 7) is 0. The highest BCUT2D eigenvalue weighted by Crippen LogP contribution is 2.32. The van der Waals surface area contributed by atoms with Crippen molar-refractivity contribution >= 4 is 23.5 Å². The Morgan fingerprint density at radius 3 is 2.74 bits per heavy atom. The summed E-state index contributed by atoms with van der Waals surface area (Å²) in [5.74, 6) is -1.07. The summed E-state index contributed by atoms with van der Waals surface area (Å²) in [6.07, 6.45) is 1.66. The van der Waals surface area contributed by atoms with Gasteiger partial charge in [0.15, 0.2) is 0 Å². The molecule has 0 spiro atoms. The van der Waals surface area contributed by atoms with Crippen molar-refractivity contribution in [1.29, 1.82) is 0 Å². The Morgan fingerprint density at radius 1 is 1.22 bits per heavy atom. The molecule has 3 rings (SSSR count). The summed E-state index contributed by atoms with van der Waals surface area (Å²) in [7, 11) is 0. The van der Waals surface area contributed by atoms with E-state index in [0.29, 0.717) is 10.6 Å². The fraction of sp³-hybridized carbons (Fsp3) is 0.222. The van der Waals surface area contributed by atoms with Crippen LogP contribution in [0, 0.1) is 0 Å². The van der Waals surface area contributed by atoms with E-state index in [1.54, 1.807) is 24.3 Å². The number of carbonyl (C=O) groups is 2. The van der Waals surface area contributed by atoms with E-state index in [1.807, 2.05) is 18.2 Å². The number of fused-ring (bicyclic) bond motifs is 1. The van der Waals surface area contributed by atoms with Crippen LogP contribution in [0.3, 0.4) is 0 Å². The van der Waals surface area contributed by atoms with E-state index in [4.69, 9.17) is 16.7 Å². The zero-order valence-corrected chi connectivity index (χ0v) is 13.1. The summed E-state index contributed by atoms with van der Waals surface area (Å²) in [4.78, 5) is 23.3. The molecular weight excluding hydrogens is 314 g/mol. The van der Waals surface area contributed by atoms with Gasteiger partial charge in [-0.05, 0) is 41.7 Å². The Kier molecular flexibility index (Phi) is 4.35. The van der Waals surface area contributed by atoms with Crippen LogP contribution in [0.15, 0.2) is 42.5 Å². The number of hydrogen-bond acceptors (Lipinski definition) is 2. The Morgan fingerprint density at radius 2 is 2.00 bits per heavy atom. The molecule has 0 fully saturated rings. The molecule has 0 aromatic heterocycles. The lowest BCUT2D eigenvalue weighted by Crippen LogP contribution is -2.27. The highest BCUT2D eigenvalue weighted by Gasteiger charge is 2.25. The van der Waals surface area contributed by atoms with Crippen molar-refractivity contribution in [3.8, 4) is 0 Å². The van der Waals surface area contributed by atoms with Gasteiger partial charge in [0.25, 0.3) is 5.91 Å². The standard InChI is InChI=1S/C18H16ClNO3/c19-15-4-2-1-3-13(15)18(23)20-16-8-7-12-6-5-11(9-14(12)16)10-17(21)22/h1-6,9,16H,7-8,10H2,(H,20,23)(H,21,22). The van der Waals surface area contributed by atoms with E-state index in [9.17, 15) is 9.59 Å². The van der Waals surface area contributed by atoms with E-state index in [0.717, 1.165) is 29.5 Å². The molecule has 2 aromatic rings. The number of carboxylic acids is 1. The highest BCUT2D eigenvalue weighted by atomic mass is 35.5. The van der Waals surface area contributed by atoms with Gasteiger partial charge in [-0.15, -0.1) is 0 Å². The molecule has 118 valence electrons. The first-order valence-electron chi connectivity index (χ1n) is 7.43. The maximum absolute atomic E-state index is 12.4. The van der Waals surface area contributed by atoms with Gasteiger partial charge in [-0.3, -0.25) is 9.59 Å². The van der Waals surface area contributed by atoms with Crippen molar-refractivity contribution in [3.05, 3.63) is 69.7 Å². The summed E-state index contributed by atoms with van der Waals surface area (Å²) >= 11 is 6.06. The maximum Gasteiger partial charge on any atom is 0.307 e. The molecule has 0 saturated carbocycles. The maximum atomic E-state index is 12.4. The smallest absolute Gasteiger partial charge is 0.307 e. The van der Waals surface area contributed by atoms with Gasteiger partial charge >= 0.3 is 5.97 Å². The molecule has 23 heavy (non-hydrogen) atoms. The predicted octanol–water partition coefficient (Wildman–Crippen LogP) is 3.38. The summed E-state index contributed by atoms with van der Waals surface area (Å²) in [6, 6.07) is 12.5. The Bertz CT molecular complexity index is 773. The number of aryl methyl sites for hydroxylation is 1. The first-order chi connectivity index (χ1) is 11.0. The van der Waals surface area contributed by atoms with Crippen LogP contribution in [0.2, 0.25) is 5.02 Å².